The van der Waals surface area contributed by atoms with Gasteiger partial charge < -0.3 is 10.2 Å². The Morgan fingerprint density at radius 1 is 1.26 bits per heavy atom. The highest BCUT2D eigenvalue weighted by atomic mass is 19.1. The van der Waals surface area contributed by atoms with Crippen molar-refractivity contribution in [2.45, 2.75) is 39.3 Å². The molecule has 0 atom stereocenters. The number of anilines is 1. The number of nitrogens with one attached hydrogen (secondary N) is 1. The van der Waals surface area contributed by atoms with Crippen molar-refractivity contribution >= 4 is 5.69 Å². The first kappa shape index (κ1) is 14.3. The normalized spacial score (nSPS) is 15.1. The highest BCUT2D eigenvalue weighted by Crippen LogP contribution is 2.32. The van der Waals surface area contributed by atoms with Gasteiger partial charge >= 0.3 is 0 Å². The SMILES string of the molecule is CC(C)NCc1cc(F)c(N(C)CC2CC2)c(F)c1. The average Bonchev–Trinajstić information content (AvgIpc) is 3.09. The third kappa shape index (κ3) is 3.90. The Labute approximate surface area is 113 Å². The molecule has 1 aromatic rings. The zero-order valence-electron chi connectivity index (χ0n) is 11.8. The van der Waals surface area contributed by atoms with Crippen LogP contribution in [0.4, 0.5) is 14.5 Å². The quantitative estimate of drug-likeness (QED) is 0.851. The van der Waals surface area contributed by atoms with Crippen molar-refractivity contribution in [3.8, 4) is 0 Å². The summed E-state index contributed by atoms with van der Waals surface area (Å²) in [5.74, 6) is -0.335. The molecule has 1 aromatic carbocycles. The van der Waals surface area contributed by atoms with Crippen LogP contribution in [0.2, 0.25) is 0 Å². The van der Waals surface area contributed by atoms with Gasteiger partial charge in [-0.2, -0.15) is 0 Å². The molecule has 4 heteroatoms. The summed E-state index contributed by atoms with van der Waals surface area (Å²) in [6.45, 7) is 5.23. The van der Waals surface area contributed by atoms with E-state index in [2.05, 4.69) is 5.32 Å². The summed E-state index contributed by atoms with van der Waals surface area (Å²) >= 11 is 0. The van der Waals surface area contributed by atoms with E-state index in [1.54, 1.807) is 11.9 Å². The van der Waals surface area contributed by atoms with Crippen LogP contribution in [0.15, 0.2) is 12.1 Å². The van der Waals surface area contributed by atoms with Gasteiger partial charge in [-0.25, -0.2) is 8.78 Å². The molecule has 1 N–H and O–H groups in total. The Kier molecular flexibility index (Phi) is 4.40. The largest absolute Gasteiger partial charge is 0.370 e. The molecule has 2 rings (SSSR count). The topological polar surface area (TPSA) is 15.3 Å². The Morgan fingerprint density at radius 2 is 1.84 bits per heavy atom. The number of hydrogen-bond donors (Lipinski definition) is 1. The first-order valence-corrected chi connectivity index (χ1v) is 6.89. The summed E-state index contributed by atoms with van der Waals surface area (Å²) in [6, 6.07) is 3.15. The van der Waals surface area contributed by atoms with E-state index in [1.807, 2.05) is 13.8 Å². The second-order valence-corrected chi connectivity index (χ2v) is 5.77. The molecule has 0 heterocycles. The minimum absolute atomic E-state index is 0.0974. The van der Waals surface area contributed by atoms with Crippen molar-refractivity contribution in [2.75, 3.05) is 18.5 Å². The molecule has 0 radical (unpaired) electrons. The van der Waals surface area contributed by atoms with Crippen molar-refractivity contribution in [1.82, 2.24) is 5.32 Å². The minimum Gasteiger partial charge on any atom is -0.370 e. The third-order valence-corrected chi connectivity index (χ3v) is 3.40. The van der Waals surface area contributed by atoms with Gasteiger partial charge in [-0.3, -0.25) is 0 Å². The predicted octanol–water partition coefficient (Wildman–Crippen LogP) is 3.31. The van der Waals surface area contributed by atoms with E-state index < -0.39 is 11.6 Å². The number of nitrogens with zero attached hydrogens (tertiary/aromatic N) is 1. The molecule has 0 amide bonds. The van der Waals surface area contributed by atoms with Gasteiger partial charge in [-0.15, -0.1) is 0 Å². The molecular weight excluding hydrogens is 246 g/mol. The van der Waals surface area contributed by atoms with Crippen molar-refractivity contribution in [3.63, 3.8) is 0 Å². The summed E-state index contributed by atoms with van der Waals surface area (Å²) in [6.07, 6.45) is 2.34. The molecule has 1 aliphatic carbocycles. The second-order valence-electron chi connectivity index (χ2n) is 5.77. The first-order valence-electron chi connectivity index (χ1n) is 6.89. The van der Waals surface area contributed by atoms with Crippen molar-refractivity contribution < 1.29 is 8.78 Å². The standard InChI is InChI=1S/C15H22F2N2/c1-10(2)18-8-12-6-13(16)15(14(17)7-12)19(3)9-11-4-5-11/h6-7,10-11,18H,4-5,8-9H2,1-3H3. The zero-order chi connectivity index (χ0) is 14.0. The molecular formula is C15H22F2N2. The summed E-state index contributed by atoms with van der Waals surface area (Å²) < 4.78 is 28.1. The molecule has 1 aliphatic rings. The minimum atomic E-state index is -0.469. The Bertz CT molecular complexity index is 419. The molecule has 0 bridgehead atoms. The van der Waals surface area contributed by atoms with Gasteiger partial charge in [0.2, 0.25) is 0 Å². The van der Waals surface area contributed by atoms with Crippen molar-refractivity contribution in [1.29, 1.82) is 0 Å². The van der Waals surface area contributed by atoms with E-state index >= 15 is 0 Å². The summed E-state index contributed by atoms with van der Waals surface area (Å²) in [5.41, 5.74) is 0.743. The van der Waals surface area contributed by atoms with Gasteiger partial charge in [0.25, 0.3) is 0 Å². The Morgan fingerprint density at radius 3 is 2.32 bits per heavy atom. The monoisotopic (exact) mass is 268 g/mol. The van der Waals surface area contributed by atoms with E-state index in [4.69, 9.17) is 0 Å². The summed E-state index contributed by atoms with van der Waals surface area (Å²) in [4.78, 5) is 1.70. The summed E-state index contributed by atoms with van der Waals surface area (Å²) in [7, 11) is 1.76. The van der Waals surface area contributed by atoms with Crippen molar-refractivity contribution in [2.24, 2.45) is 5.92 Å². The van der Waals surface area contributed by atoms with Crippen molar-refractivity contribution in [3.05, 3.63) is 29.3 Å². The highest BCUT2D eigenvalue weighted by Gasteiger charge is 2.25. The molecule has 0 unspecified atom stereocenters. The smallest absolute Gasteiger partial charge is 0.149 e. The lowest BCUT2D eigenvalue weighted by molar-refractivity contribution is 0.555. The molecule has 2 nitrogen and oxygen atoms in total. The lowest BCUT2D eigenvalue weighted by Gasteiger charge is -2.21. The van der Waals surface area contributed by atoms with Crippen LogP contribution < -0.4 is 10.2 Å². The van der Waals surface area contributed by atoms with E-state index in [0.29, 0.717) is 24.1 Å². The molecule has 0 aliphatic heterocycles. The van der Waals surface area contributed by atoms with Gasteiger partial charge in [0.15, 0.2) is 0 Å². The fourth-order valence-corrected chi connectivity index (χ4v) is 2.19. The van der Waals surface area contributed by atoms with Gasteiger partial charge in [-0.05, 0) is 36.5 Å². The van der Waals surface area contributed by atoms with Crippen LogP contribution >= 0.6 is 0 Å². The molecule has 1 saturated carbocycles. The fourth-order valence-electron chi connectivity index (χ4n) is 2.19. The van der Waals surface area contributed by atoms with E-state index in [-0.39, 0.29) is 5.69 Å². The molecule has 0 spiro atoms. The van der Waals surface area contributed by atoms with Crippen LogP contribution in [0, 0.1) is 17.6 Å². The maximum atomic E-state index is 14.0. The van der Waals surface area contributed by atoms with Crippen LogP contribution in [0.1, 0.15) is 32.3 Å². The van der Waals surface area contributed by atoms with Crippen LogP contribution in [0.5, 0.6) is 0 Å². The maximum Gasteiger partial charge on any atom is 0.149 e. The predicted molar refractivity (Wildman–Crippen MR) is 74.3 cm³/mol. The lowest BCUT2D eigenvalue weighted by Crippen LogP contribution is -2.24. The zero-order valence-corrected chi connectivity index (χ0v) is 11.8. The fraction of sp³-hybridized carbons (Fsp3) is 0.600. The first-order chi connectivity index (χ1) is 8.97. The van der Waals surface area contributed by atoms with E-state index in [9.17, 15) is 8.78 Å². The van der Waals surface area contributed by atoms with Crippen LogP contribution in [-0.4, -0.2) is 19.6 Å². The molecule has 0 saturated heterocycles. The Hall–Kier alpha value is -1.16. The maximum absolute atomic E-state index is 14.0. The van der Waals surface area contributed by atoms with E-state index in [1.165, 1.54) is 25.0 Å². The summed E-state index contributed by atoms with van der Waals surface area (Å²) in [5, 5.41) is 3.16. The Balaban J connectivity index is 2.11. The average molecular weight is 268 g/mol. The lowest BCUT2D eigenvalue weighted by atomic mass is 10.1. The van der Waals surface area contributed by atoms with Crippen LogP contribution in [0.3, 0.4) is 0 Å². The molecule has 1 fully saturated rings. The third-order valence-electron chi connectivity index (χ3n) is 3.40. The number of halogens is 2. The second kappa shape index (κ2) is 5.87. The van der Waals surface area contributed by atoms with E-state index in [0.717, 1.165) is 6.54 Å². The van der Waals surface area contributed by atoms with Gasteiger partial charge in [0.05, 0.1) is 0 Å². The molecule has 19 heavy (non-hydrogen) atoms. The van der Waals surface area contributed by atoms with Gasteiger partial charge in [0, 0.05) is 26.2 Å². The highest BCUT2D eigenvalue weighted by molar-refractivity contribution is 5.50. The van der Waals surface area contributed by atoms with Crippen LogP contribution in [-0.2, 0) is 6.54 Å². The number of rotatable bonds is 6. The van der Waals surface area contributed by atoms with Gasteiger partial charge in [0.1, 0.15) is 17.3 Å². The molecule has 0 aromatic heterocycles. The molecule has 106 valence electrons. The number of benzene rings is 1. The van der Waals surface area contributed by atoms with Gasteiger partial charge in [-0.1, -0.05) is 13.8 Å². The van der Waals surface area contributed by atoms with Crippen LogP contribution in [0.25, 0.3) is 0 Å². The number of hydrogen-bond acceptors (Lipinski definition) is 2.